The Kier molecular flexibility index (Phi) is 6.74. The second kappa shape index (κ2) is 8.72. The number of aromatic nitrogens is 3. The number of nitrogens with zero attached hydrogens (tertiary/aromatic N) is 3. The van der Waals surface area contributed by atoms with Gasteiger partial charge in [0.25, 0.3) is 0 Å². The largest absolute Gasteiger partial charge is 0.506 e. The van der Waals surface area contributed by atoms with Crippen LogP contribution in [0.2, 0.25) is 23.4 Å². The van der Waals surface area contributed by atoms with Crippen molar-refractivity contribution in [2.24, 2.45) is 5.92 Å². The van der Waals surface area contributed by atoms with Gasteiger partial charge in [-0.3, -0.25) is 0 Å². The normalized spacial score (nSPS) is 23.7. The predicted octanol–water partition coefficient (Wildman–Crippen LogP) is 5.07. The monoisotopic (exact) mass is 508 g/mol. The molecule has 0 radical (unpaired) electrons. The number of halogens is 1. The van der Waals surface area contributed by atoms with Gasteiger partial charge in [0, 0.05) is 18.5 Å². The van der Waals surface area contributed by atoms with Crippen LogP contribution in [0.5, 0.6) is 0 Å². The number of carboxylic acid groups (broad SMARTS) is 1. The number of hydrogen-bond acceptors (Lipinski definition) is 7. The Labute approximate surface area is 206 Å². The van der Waals surface area contributed by atoms with E-state index in [1.807, 2.05) is 0 Å². The zero-order valence-corrected chi connectivity index (χ0v) is 22.4. The van der Waals surface area contributed by atoms with Gasteiger partial charge in [-0.1, -0.05) is 26.7 Å². The summed E-state index contributed by atoms with van der Waals surface area (Å²) in [5.41, 5.74) is 4.12. The fraction of sp³-hybridized carbons (Fsp3) is 0.609. The molecule has 0 bridgehead atoms. The van der Waals surface area contributed by atoms with Gasteiger partial charge in [-0.2, -0.15) is 4.98 Å². The second-order valence-corrected chi connectivity index (χ2v) is 15.9. The van der Waals surface area contributed by atoms with Crippen LogP contribution in [0.1, 0.15) is 47.3 Å². The van der Waals surface area contributed by atoms with Crippen LogP contribution in [0.15, 0.2) is 12.3 Å². The van der Waals surface area contributed by atoms with Gasteiger partial charge >= 0.3 is 6.16 Å². The smallest absolute Gasteiger partial charge is 0.450 e. The molecule has 3 heterocycles. The fourth-order valence-electron chi connectivity index (χ4n) is 4.15. The van der Waals surface area contributed by atoms with Gasteiger partial charge < -0.3 is 29.3 Å². The minimum Gasteiger partial charge on any atom is -0.450 e. The minimum atomic E-state index is -2.20. The molecule has 11 heteroatoms. The summed E-state index contributed by atoms with van der Waals surface area (Å²) in [5.74, 6) is 2.54. The topological polar surface area (TPSA) is 122 Å². The lowest BCUT2D eigenvalue weighted by molar-refractivity contribution is -0.109. The highest BCUT2D eigenvalue weighted by atomic mass is 35.5. The van der Waals surface area contributed by atoms with Crippen LogP contribution in [0.25, 0.3) is 11.0 Å². The number of carbonyl (C=O) groups is 1. The quantitative estimate of drug-likeness (QED) is 0.240. The first-order chi connectivity index (χ1) is 15.5. The van der Waals surface area contributed by atoms with E-state index in [4.69, 9.17) is 37.7 Å². The molecule has 0 spiro atoms. The number of anilines is 1. The van der Waals surface area contributed by atoms with E-state index in [0.717, 1.165) is 0 Å². The van der Waals surface area contributed by atoms with Crippen molar-refractivity contribution in [3.05, 3.63) is 17.5 Å². The zero-order valence-electron chi connectivity index (χ0n) is 20.7. The van der Waals surface area contributed by atoms with E-state index in [1.165, 1.54) is 0 Å². The molecule has 9 nitrogen and oxygen atoms in total. The molecule has 0 aromatic carbocycles. The van der Waals surface area contributed by atoms with Gasteiger partial charge in [-0.05, 0) is 49.6 Å². The van der Waals surface area contributed by atoms with Gasteiger partial charge in [-0.15, -0.1) is 6.42 Å². The molecule has 3 rings (SSSR count). The van der Waals surface area contributed by atoms with E-state index in [1.54, 1.807) is 30.7 Å². The van der Waals surface area contributed by atoms with E-state index >= 15 is 0 Å². The van der Waals surface area contributed by atoms with Crippen molar-refractivity contribution in [2.75, 3.05) is 12.3 Å². The van der Waals surface area contributed by atoms with Crippen LogP contribution >= 0.6 is 11.6 Å². The molecule has 1 aliphatic rings. The number of rotatable bonds is 6. The van der Waals surface area contributed by atoms with Crippen molar-refractivity contribution >= 4 is 42.9 Å². The highest BCUT2D eigenvalue weighted by Gasteiger charge is 2.57. The molecule has 0 saturated carbocycles. The summed E-state index contributed by atoms with van der Waals surface area (Å²) < 4.78 is 20.1. The average molecular weight is 509 g/mol. The van der Waals surface area contributed by atoms with Crippen molar-refractivity contribution in [3.63, 3.8) is 0 Å². The molecular weight excluding hydrogens is 476 g/mol. The van der Waals surface area contributed by atoms with Gasteiger partial charge in [-0.25, -0.2) is 9.78 Å². The zero-order chi connectivity index (χ0) is 25.7. The third kappa shape index (κ3) is 4.75. The van der Waals surface area contributed by atoms with Gasteiger partial charge in [0.2, 0.25) is 5.28 Å². The maximum atomic E-state index is 11.5. The first-order valence-corrected chi connectivity index (χ1v) is 14.3. The van der Waals surface area contributed by atoms with Crippen molar-refractivity contribution in [1.29, 1.82) is 0 Å². The molecule has 0 amide bonds. The summed E-state index contributed by atoms with van der Waals surface area (Å²) in [6.07, 6.45) is 6.25. The molecule has 186 valence electrons. The van der Waals surface area contributed by atoms with Crippen LogP contribution in [0.4, 0.5) is 10.6 Å². The van der Waals surface area contributed by atoms with Gasteiger partial charge in [0.05, 0.1) is 12.0 Å². The molecular formula is C23H33ClN4O5Si. The first-order valence-electron chi connectivity index (χ1n) is 11.0. The Morgan fingerprint density at radius 1 is 1.41 bits per heavy atom. The van der Waals surface area contributed by atoms with Gasteiger partial charge in [0.1, 0.15) is 23.3 Å². The van der Waals surface area contributed by atoms with E-state index in [0.29, 0.717) is 17.5 Å². The Hall–Kier alpha value is -2.32. The summed E-state index contributed by atoms with van der Waals surface area (Å²) in [6.45, 7) is 14.1. The molecule has 3 N–H and O–H groups in total. The number of nitrogen functional groups attached to an aromatic ring is 1. The van der Waals surface area contributed by atoms with Crippen LogP contribution < -0.4 is 5.73 Å². The minimum absolute atomic E-state index is 0.0125. The Balaban J connectivity index is 2.06. The van der Waals surface area contributed by atoms with E-state index < -0.39 is 37.8 Å². The molecule has 34 heavy (non-hydrogen) atoms. The first kappa shape index (κ1) is 26.3. The Bertz CT molecular complexity index is 1140. The standard InChI is InChI=1S/C23H33ClN4O5Si/c1-9-23(13-31-34(7,8)21(2,3)4)15(22(5,6)33-20(29)30)12-16(32-23)28-11-10-14-17(25)26-19(24)27-18(14)28/h1,10-11,15-16H,12-13H2,2-8H3,(H,29,30)(H2,25,26,27)/t15-,16+,23+/m0/s1. The maximum Gasteiger partial charge on any atom is 0.506 e. The SMILES string of the molecule is C#C[C@]1(CO[Si](C)(C)C(C)(C)C)O[C@@H](n2ccc3c(N)nc(Cl)nc32)C[C@H]1C(C)(C)OC(=O)O. The highest BCUT2D eigenvalue weighted by molar-refractivity contribution is 6.74. The second-order valence-electron chi connectivity index (χ2n) is 10.8. The average Bonchev–Trinajstić information content (AvgIpc) is 3.27. The molecule has 0 aliphatic carbocycles. The van der Waals surface area contributed by atoms with Crippen LogP contribution in [-0.2, 0) is 13.9 Å². The third-order valence-electron chi connectivity index (χ3n) is 7.12. The molecule has 1 fully saturated rings. The number of hydrogen-bond donors (Lipinski definition) is 2. The number of nitrogens with two attached hydrogens (primary N) is 1. The van der Waals surface area contributed by atoms with Crippen molar-refractivity contribution in [3.8, 4) is 12.3 Å². The predicted molar refractivity (Wildman–Crippen MR) is 133 cm³/mol. The van der Waals surface area contributed by atoms with E-state index in [-0.39, 0.29) is 22.7 Å². The number of ether oxygens (including phenoxy) is 2. The van der Waals surface area contributed by atoms with Gasteiger partial charge in [0.15, 0.2) is 13.9 Å². The summed E-state index contributed by atoms with van der Waals surface area (Å²) >= 11 is 6.05. The molecule has 0 unspecified atom stereocenters. The molecule has 3 atom stereocenters. The van der Waals surface area contributed by atoms with Crippen LogP contribution in [0, 0.1) is 18.3 Å². The highest BCUT2D eigenvalue weighted by Crippen LogP contribution is 2.49. The number of terminal acetylenes is 1. The summed E-state index contributed by atoms with van der Waals surface area (Å²) in [4.78, 5) is 19.8. The summed E-state index contributed by atoms with van der Waals surface area (Å²) in [7, 11) is -2.20. The van der Waals surface area contributed by atoms with Crippen molar-refractivity contribution in [2.45, 2.75) is 76.6 Å². The van der Waals surface area contributed by atoms with Crippen molar-refractivity contribution in [1.82, 2.24) is 14.5 Å². The van der Waals surface area contributed by atoms with Crippen molar-refractivity contribution < 1.29 is 23.8 Å². The molecule has 1 aliphatic heterocycles. The van der Waals surface area contributed by atoms with Crippen LogP contribution in [-0.4, -0.2) is 51.9 Å². The Morgan fingerprint density at radius 2 is 2.06 bits per heavy atom. The lowest BCUT2D eigenvalue weighted by Gasteiger charge is -2.42. The maximum absolute atomic E-state index is 11.5. The van der Waals surface area contributed by atoms with E-state index in [2.05, 4.69) is 49.8 Å². The van der Waals surface area contributed by atoms with E-state index in [9.17, 15) is 9.90 Å². The van der Waals surface area contributed by atoms with Crippen LogP contribution in [0.3, 0.4) is 0 Å². The lowest BCUT2D eigenvalue weighted by Crippen LogP contribution is -2.53. The fourth-order valence-corrected chi connectivity index (χ4v) is 5.33. The molecule has 2 aromatic rings. The molecule has 2 aromatic heterocycles. The molecule has 1 saturated heterocycles. The summed E-state index contributed by atoms with van der Waals surface area (Å²) in [6, 6.07) is 1.78. The third-order valence-corrected chi connectivity index (χ3v) is 11.8. The summed E-state index contributed by atoms with van der Waals surface area (Å²) in [5, 5.41) is 9.97. The number of fused-ring (bicyclic) bond motifs is 1. The lowest BCUT2D eigenvalue weighted by atomic mass is 9.77. The Morgan fingerprint density at radius 3 is 2.62 bits per heavy atom.